The highest BCUT2D eigenvalue weighted by Gasteiger charge is 2.20. The maximum absolute atomic E-state index is 13.2. The Bertz CT molecular complexity index is 425. The van der Waals surface area contributed by atoms with Crippen molar-refractivity contribution in [2.45, 2.75) is 19.1 Å². The van der Waals surface area contributed by atoms with Gasteiger partial charge in [-0.1, -0.05) is 11.8 Å². The topological polar surface area (TPSA) is 66.8 Å². The van der Waals surface area contributed by atoms with Crippen molar-refractivity contribution in [3.8, 4) is 5.75 Å². The molecular formula is C12H15FO4S. The first kappa shape index (κ1) is 14.9. The molecule has 6 heteroatoms. The zero-order valence-electron chi connectivity index (χ0n) is 10.1. The van der Waals surface area contributed by atoms with Crippen LogP contribution in [0.2, 0.25) is 0 Å². The van der Waals surface area contributed by atoms with E-state index in [9.17, 15) is 19.4 Å². The van der Waals surface area contributed by atoms with E-state index in [1.165, 1.54) is 26.2 Å². The van der Waals surface area contributed by atoms with Crippen LogP contribution in [0.25, 0.3) is 0 Å². The van der Waals surface area contributed by atoms with E-state index in [-0.39, 0.29) is 22.2 Å². The average molecular weight is 274 g/mol. The Hall–Kier alpha value is -1.11. The van der Waals surface area contributed by atoms with Crippen LogP contribution in [-0.4, -0.2) is 34.3 Å². The van der Waals surface area contributed by atoms with Gasteiger partial charge in [0.25, 0.3) is 0 Å². The molecule has 0 spiro atoms. The smallest absolute Gasteiger partial charge is 0.185 e. The van der Waals surface area contributed by atoms with Crippen LogP contribution in [0.4, 0.5) is 4.39 Å². The number of hydrogen-bond acceptors (Lipinski definition) is 5. The largest absolute Gasteiger partial charge is 0.497 e. The molecule has 0 aliphatic carbocycles. The third kappa shape index (κ3) is 4.29. The third-order valence-corrected chi connectivity index (χ3v) is 3.21. The second-order valence-electron chi connectivity index (χ2n) is 3.74. The van der Waals surface area contributed by atoms with E-state index in [0.29, 0.717) is 0 Å². The van der Waals surface area contributed by atoms with E-state index in [1.807, 2.05) is 0 Å². The van der Waals surface area contributed by atoms with Gasteiger partial charge in [-0.15, -0.1) is 0 Å². The van der Waals surface area contributed by atoms with Crippen LogP contribution in [0.15, 0.2) is 18.2 Å². The first-order valence-electron chi connectivity index (χ1n) is 5.28. The Labute approximate surface area is 109 Å². The molecule has 0 aliphatic rings. The summed E-state index contributed by atoms with van der Waals surface area (Å²) in [5.74, 6) is -0.250. The Morgan fingerprint density at radius 1 is 1.44 bits per heavy atom. The van der Waals surface area contributed by atoms with Gasteiger partial charge in [0.2, 0.25) is 0 Å². The van der Waals surface area contributed by atoms with Crippen LogP contribution < -0.4 is 4.74 Å². The molecule has 0 saturated carbocycles. The first-order valence-corrected chi connectivity index (χ1v) is 6.26. The van der Waals surface area contributed by atoms with Crippen LogP contribution in [-0.2, 0) is 4.79 Å². The second kappa shape index (κ2) is 6.72. The van der Waals surface area contributed by atoms with Gasteiger partial charge < -0.3 is 14.9 Å². The van der Waals surface area contributed by atoms with Gasteiger partial charge in [0, 0.05) is 18.7 Å². The number of hydrogen-bond donors (Lipinski definition) is 2. The minimum atomic E-state index is -1.26. The summed E-state index contributed by atoms with van der Waals surface area (Å²) >= 11 is 0.903. The predicted octanol–water partition coefficient (Wildman–Crippen LogP) is 1.51. The van der Waals surface area contributed by atoms with Gasteiger partial charge >= 0.3 is 0 Å². The summed E-state index contributed by atoms with van der Waals surface area (Å²) < 4.78 is 18.1. The van der Waals surface area contributed by atoms with E-state index >= 15 is 0 Å². The van der Waals surface area contributed by atoms with E-state index in [4.69, 9.17) is 4.74 Å². The average Bonchev–Trinajstić information content (AvgIpc) is 2.34. The number of thioether (sulfide) groups is 1. The zero-order chi connectivity index (χ0) is 13.7. The minimum absolute atomic E-state index is 0.0509. The van der Waals surface area contributed by atoms with E-state index < -0.39 is 18.0 Å². The molecule has 1 aromatic carbocycles. The number of halogens is 1. The standard InChI is InChI=1S/C12H15FO4S/c1-7(14)18-6-11(15)12(16)8-3-9(13)5-10(4-8)17-2/h3-5,11-12,15-16H,6H2,1-2H3. The molecule has 0 aliphatic heterocycles. The van der Waals surface area contributed by atoms with Gasteiger partial charge in [0.1, 0.15) is 17.7 Å². The molecule has 0 aromatic heterocycles. The minimum Gasteiger partial charge on any atom is -0.497 e. The number of carbonyl (C=O) groups excluding carboxylic acids is 1. The van der Waals surface area contributed by atoms with Gasteiger partial charge in [-0.3, -0.25) is 4.79 Å². The molecule has 1 rings (SSSR count). The molecule has 0 radical (unpaired) electrons. The summed E-state index contributed by atoms with van der Waals surface area (Å²) in [6, 6.07) is 3.73. The zero-order valence-corrected chi connectivity index (χ0v) is 10.9. The van der Waals surface area contributed by atoms with Crippen molar-refractivity contribution < 1.29 is 24.1 Å². The maximum atomic E-state index is 13.2. The van der Waals surface area contributed by atoms with Gasteiger partial charge in [0.15, 0.2) is 5.12 Å². The highest BCUT2D eigenvalue weighted by Crippen LogP contribution is 2.25. The Balaban J connectivity index is 2.79. The fourth-order valence-corrected chi connectivity index (χ4v) is 1.98. The maximum Gasteiger partial charge on any atom is 0.185 e. The van der Waals surface area contributed by atoms with E-state index in [1.54, 1.807) is 0 Å². The number of carbonyl (C=O) groups is 1. The van der Waals surface area contributed by atoms with Gasteiger partial charge in [-0.05, 0) is 17.7 Å². The SMILES string of the molecule is COc1cc(F)cc(C(O)C(O)CSC(C)=O)c1. The number of ether oxygens (including phenoxy) is 1. The summed E-state index contributed by atoms with van der Waals surface area (Å²) in [5.41, 5.74) is 0.212. The lowest BCUT2D eigenvalue weighted by Crippen LogP contribution is -2.21. The molecule has 0 fully saturated rings. The van der Waals surface area contributed by atoms with Crippen molar-refractivity contribution in [2.24, 2.45) is 0 Å². The van der Waals surface area contributed by atoms with E-state index in [0.717, 1.165) is 17.8 Å². The second-order valence-corrected chi connectivity index (χ2v) is 4.94. The Kier molecular flexibility index (Phi) is 5.58. The van der Waals surface area contributed by atoms with Crippen LogP contribution >= 0.6 is 11.8 Å². The van der Waals surface area contributed by atoms with E-state index in [2.05, 4.69) is 0 Å². The molecule has 0 bridgehead atoms. The molecule has 0 saturated heterocycles. The van der Waals surface area contributed by atoms with Crippen molar-refractivity contribution in [2.75, 3.05) is 12.9 Å². The van der Waals surface area contributed by atoms with Gasteiger partial charge in [-0.2, -0.15) is 0 Å². The number of rotatable bonds is 5. The van der Waals surface area contributed by atoms with Crippen molar-refractivity contribution >= 4 is 16.9 Å². The van der Waals surface area contributed by atoms with Crippen LogP contribution in [0.1, 0.15) is 18.6 Å². The Morgan fingerprint density at radius 2 is 2.11 bits per heavy atom. The lowest BCUT2D eigenvalue weighted by molar-refractivity contribution is -0.109. The summed E-state index contributed by atoms with van der Waals surface area (Å²) in [6.07, 6.45) is -2.41. The molecule has 1 aromatic rings. The molecule has 0 amide bonds. The number of methoxy groups -OCH3 is 1. The summed E-state index contributed by atoms with van der Waals surface area (Å²) in [4.78, 5) is 10.8. The molecule has 2 atom stereocenters. The van der Waals surface area contributed by atoms with Crippen molar-refractivity contribution in [3.05, 3.63) is 29.6 Å². The highest BCUT2D eigenvalue weighted by molar-refractivity contribution is 8.13. The van der Waals surface area contributed by atoms with Crippen LogP contribution in [0, 0.1) is 5.82 Å². The molecule has 2 N–H and O–H groups in total. The molecule has 0 heterocycles. The lowest BCUT2D eigenvalue weighted by Gasteiger charge is -2.18. The van der Waals surface area contributed by atoms with Crippen molar-refractivity contribution in [1.29, 1.82) is 0 Å². The summed E-state index contributed by atoms with van der Waals surface area (Å²) in [6.45, 7) is 1.37. The predicted molar refractivity (Wildman–Crippen MR) is 67.1 cm³/mol. The molecule has 18 heavy (non-hydrogen) atoms. The molecular weight excluding hydrogens is 259 g/mol. The van der Waals surface area contributed by atoms with Gasteiger partial charge in [0.05, 0.1) is 13.2 Å². The van der Waals surface area contributed by atoms with Crippen LogP contribution in [0.3, 0.4) is 0 Å². The summed E-state index contributed by atoms with van der Waals surface area (Å²) in [5, 5.41) is 19.4. The fourth-order valence-electron chi connectivity index (χ4n) is 1.39. The quantitative estimate of drug-likeness (QED) is 0.852. The monoisotopic (exact) mass is 274 g/mol. The highest BCUT2D eigenvalue weighted by atomic mass is 32.2. The Morgan fingerprint density at radius 3 is 2.67 bits per heavy atom. The fraction of sp³-hybridized carbons (Fsp3) is 0.417. The van der Waals surface area contributed by atoms with Crippen molar-refractivity contribution in [3.63, 3.8) is 0 Å². The molecule has 2 unspecified atom stereocenters. The number of aliphatic hydroxyl groups excluding tert-OH is 2. The molecule has 4 nitrogen and oxygen atoms in total. The normalized spacial score (nSPS) is 14.1. The van der Waals surface area contributed by atoms with Crippen molar-refractivity contribution in [1.82, 2.24) is 0 Å². The number of aliphatic hydroxyl groups is 2. The number of benzene rings is 1. The van der Waals surface area contributed by atoms with Crippen LogP contribution in [0.5, 0.6) is 5.75 Å². The first-order chi connectivity index (χ1) is 8.43. The third-order valence-electron chi connectivity index (χ3n) is 2.29. The molecule has 100 valence electrons. The lowest BCUT2D eigenvalue weighted by atomic mass is 10.1. The summed E-state index contributed by atoms with van der Waals surface area (Å²) in [7, 11) is 1.38. The van der Waals surface area contributed by atoms with Gasteiger partial charge in [-0.25, -0.2) is 4.39 Å².